The Bertz CT molecular complexity index is 941. The van der Waals surface area contributed by atoms with E-state index in [9.17, 15) is 9.59 Å². The number of hydrogen-bond donors (Lipinski definition) is 1. The van der Waals surface area contributed by atoms with Gasteiger partial charge in [-0.3, -0.25) is 9.59 Å². The van der Waals surface area contributed by atoms with Crippen LogP contribution < -0.4 is 20.7 Å². The average Bonchev–Trinajstić information content (AvgIpc) is 2.78. The van der Waals surface area contributed by atoms with Crippen LogP contribution in [0.15, 0.2) is 41.3 Å². The Balaban J connectivity index is 1.25. The van der Waals surface area contributed by atoms with Crippen LogP contribution in [0.25, 0.3) is 0 Å². The third kappa shape index (κ3) is 4.66. The molecular weight excluding hydrogens is 378 g/mol. The van der Waals surface area contributed by atoms with Gasteiger partial charge in [0.05, 0.1) is 17.8 Å². The molecule has 1 saturated heterocycles. The number of carbonyl (C=O) groups excluding carboxylic acids is 1. The monoisotopic (exact) mass is 409 g/mol. The molecule has 3 heterocycles. The van der Waals surface area contributed by atoms with Crippen LogP contribution in [-0.4, -0.2) is 48.4 Å². The van der Waals surface area contributed by atoms with Crippen LogP contribution in [0.5, 0.6) is 0 Å². The summed E-state index contributed by atoms with van der Waals surface area (Å²) in [6.07, 6.45) is 6.83. The van der Waals surface area contributed by atoms with Crippen LogP contribution in [0, 0.1) is 5.92 Å². The van der Waals surface area contributed by atoms with Crippen molar-refractivity contribution in [3.05, 3.63) is 52.4 Å². The maximum Gasteiger partial charge on any atom is 0.268 e. The predicted molar refractivity (Wildman–Crippen MR) is 119 cm³/mol. The highest BCUT2D eigenvalue weighted by Crippen LogP contribution is 2.26. The zero-order chi connectivity index (χ0) is 20.9. The van der Waals surface area contributed by atoms with Crippen molar-refractivity contribution in [3.8, 4) is 0 Å². The Morgan fingerprint density at radius 1 is 1.23 bits per heavy atom. The standard InChI is InChI=1S/C23H31N5O2/c1-26-22(29)15-20(16-25-26)28-13-5-9-19(17-28)23(30)24-11-6-14-27-12-4-8-18-7-2-3-10-21(18)27/h2-3,7,10,15-16,19H,4-6,8-9,11-14,17H2,1H3,(H,24,30). The number of amides is 1. The molecule has 1 fully saturated rings. The quantitative estimate of drug-likeness (QED) is 0.739. The minimum absolute atomic E-state index is 0.0430. The SMILES string of the molecule is Cn1ncc(N2CCCC(C(=O)NCCCN3CCCc4ccccc43)C2)cc1=O. The van der Waals surface area contributed by atoms with E-state index >= 15 is 0 Å². The molecular formula is C23H31N5O2. The Morgan fingerprint density at radius 2 is 2.10 bits per heavy atom. The van der Waals surface area contributed by atoms with Gasteiger partial charge in [-0.1, -0.05) is 18.2 Å². The summed E-state index contributed by atoms with van der Waals surface area (Å²) in [5.74, 6) is 0.0778. The minimum atomic E-state index is -0.127. The summed E-state index contributed by atoms with van der Waals surface area (Å²) >= 11 is 0. The van der Waals surface area contributed by atoms with E-state index in [1.54, 1.807) is 19.3 Å². The molecule has 1 atom stereocenters. The van der Waals surface area contributed by atoms with Gasteiger partial charge >= 0.3 is 0 Å². The maximum absolute atomic E-state index is 12.7. The first-order valence-electron chi connectivity index (χ1n) is 11.0. The summed E-state index contributed by atoms with van der Waals surface area (Å²) in [7, 11) is 1.64. The summed E-state index contributed by atoms with van der Waals surface area (Å²) in [4.78, 5) is 29.1. The fourth-order valence-corrected chi connectivity index (χ4v) is 4.53. The number of nitrogens with zero attached hydrogens (tertiary/aromatic N) is 4. The molecule has 7 heteroatoms. The summed E-state index contributed by atoms with van der Waals surface area (Å²) in [5, 5.41) is 7.24. The van der Waals surface area contributed by atoms with Crippen molar-refractivity contribution in [2.24, 2.45) is 13.0 Å². The molecule has 0 radical (unpaired) electrons. The molecule has 1 unspecified atom stereocenters. The lowest BCUT2D eigenvalue weighted by Crippen LogP contribution is -2.44. The van der Waals surface area contributed by atoms with E-state index < -0.39 is 0 Å². The van der Waals surface area contributed by atoms with Crippen molar-refractivity contribution in [3.63, 3.8) is 0 Å². The Kier molecular flexibility index (Phi) is 6.35. The summed E-state index contributed by atoms with van der Waals surface area (Å²) < 4.78 is 1.32. The van der Waals surface area contributed by atoms with Crippen molar-refractivity contribution in [2.75, 3.05) is 42.5 Å². The second kappa shape index (κ2) is 9.32. The molecule has 1 aromatic heterocycles. The molecule has 160 valence electrons. The largest absolute Gasteiger partial charge is 0.371 e. The van der Waals surface area contributed by atoms with Crippen molar-refractivity contribution in [1.29, 1.82) is 0 Å². The third-order valence-corrected chi connectivity index (χ3v) is 6.22. The Hall–Kier alpha value is -2.83. The second-order valence-corrected chi connectivity index (χ2v) is 8.32. The number of carbonyl (C=O) groups is 1. The Morgan fingerprint density at radius 3 is 2.97 bits per heavy atom. The highest BCUT2D eigenvalue weighted by Gasteiger charge is 2.26. The molecule has 0 saturated carbocycles. The molecule has 7 nitrogen and oxygen atoms in total. The van der Waals surface area contributed by atoms with Gasteiger partial charge in [0.15, 0.2) is 0 Å². The maximum atomic E-state index is 12.7. The molecule has 0 bridgehead atoms. The lowest BCUT2D eigenvalue weighted by Gasteiger charge is -2.33. The molecule has 2 aliphatic heterocycles. The molecule has 1 N–H and O–H groups in total. The first-order valence-corrected chi connectivity index (χ1v) is 11.0. The van der Waals surface area contributed by atoms with E-state index in [0.717, 1.165) is 51.0 Å². The van der Waals surface area contributed by atoms with Crippen LogP contribution in [0.2, 0.25) is 0 Å². The van der Waals surface area contributed by atoms with Crippen molar-refractivity contribution < 1.29 is 4.79 Å². The number of hydrogen-bond acceptors (Lipinski definition) is 5. The highest BCUT2D eigenvalue weighted by atomic mass is 16.2. The van der Waals surface area contributed by atoms with Gasteiger partial charge in [0.1, 0.15) is 0 Å². The van der Waals surface area contributed by atoms with E-state index in [1.807, 2.05) is 0 Å². The fourth-order valence-electron chi connectivity index (χ4n) is 4.53. The molecule has 0 spiro atoms. The zero-order valence-corrected chi connectivity index (χ0v) is 17.7. The summed E-state index contributed by atoms with van der Waals surface area (Å²) in [6, 6.07) is 10.2. The number of aryl methyl sites for hydroxylation is 2. The summed E-state index contributed by atoms with van der Waals surface area (Å²) in [5.41, 5.74) is 3.46. The second-order valence-electron chi connectivity index (χ2n) is 8.32. The van der Waals surface area contributed by atoms with Crippen molar-refractivity contribution in [2.45, 2.75) is 32.1 Å². The van der Waals surface area contributed by atoms with E-state index in [2.05, 4.69) is 44.5 Å². The van der Waals surface area contributed by atoms with Crippen LogP contribution >= 0.6 is 0 Å². The molecule has 1 aromatic carbocycles. The smallest absolute Gasteiger partial charge is 0.268 e. The van der Waals surface area contributed by atoms with E-state index in [0.29, 0.717) is 13.1 Å². The highest BCUT2D eigenvalue weighted by molar-refractivity contribution is 5.79. The number of aromatic nitrogens is 2. The summed E-state index contributed by atoms with van der Waals surface area (Å²) in [6.45, 7) is 4.24. The van der Waals surface area contributed by atoms with Gasteiger partial charge in [0.2, 0.25) is 5.91 Å². The molecule has 2 aliphatic rings. The first-order chi connectivity index (χ1) is 14.6. The van der Waals surface area contributed by atoms with Gasteiger partial charge in [-0.05, 0) is 43.7 Å². The van der Waals surface area contributed by atoms with Gasteiger partial charge in [0.25, 0.3) is 5.56 Å². The molecule has 4 rings (SSSR count). The number of rotatable bonds is 6. The van der Waals surface area contributed by atoms with Gasteiger partial charge < -0.3 is 15.1 Å². The van der Waals surface area contributed by atoms with Gasteiger partial charge in [0, 0.05) is 51.5 Å². The average molecular weight is 410 g/mol. The van der Waals surface area contributed by atoms with Gasteiger partial charge in [-0.15, -0.1) is 0 Å². The third-order valence-electron chi connectivity index (χ3n) is 6.22. The van der Waals surface area contributed by atoms with E-state index in [-0.39, 0.29) is 17.4 Å². The van der Waals surface area contributed by atoms with Crippen LogP contribution in [-0.2, 0) is 18.3 Å². The van der Waals surface area contributed by atoms with Gasteiger partial charge in [-0.25, -0.2) is 4.68 Å². The number of piperidine rings is 1. The topological polar surface area (TPSA) is 70.5 Å². The van der Waals surface area contributed by atoms with Crippen LogP contribution in [0.4, 0.5) is 11.4 Å². The van der Waals surface area contributed by atoms with E-state index in [1.165, 1.54) is 22.4 Å². The molecule has 2 aromatic rings. The number of nitrogens with one attached hydrogen (secondary N) is 1. The van der Waals surface area contributed by atoms with Crippen molar-refractivity contribution in [1.82, 2.24) is 15.1 Å². The normalized spacial score (nSPS) is 18.8. The molecule has 30 heavy (non-hydrogen) atoms. The number of anilines is 2. The zero-order valence-electron chi connectivity index (χ0n) is 17.7. The Labute approximate surface area is 177 Å². The van der Waals surface area contributed by atoms with Crippen LogP contribution in [0.3, 0.4) is 0 Å². The number of para-hydroxylation sites is 1. The van der Waals surface area contributed by atoms with Crippen LogP contribution in [0.1, 0.15) is 31.2 Å². The molecule has 1 amide bonds. The van der Waals surface area contributed by atoms with Gasteiger partial charge in [-0.2, -0.15) is 5.10 Å². The minimum Gasteiger partial charge on any atom is -0.371 e. The number of fused-ring (bicyclic) bond motifs is 1. The fraction of sp³-hybridized carbons (Fsp3) is 0.522. The predicted octanol–water partition coefficient (Wildman–Crippen LogP) is 1.96. The first kappa shape index (κ1) is 20.4. The van der Waals surface area contributed by atoms with E-state index in [4.69, 9.17) is 0 Å². The lowest BCUT2D eigenvalue weighted by atomic mass is 9.96. The number of benzene rings is 1. The lowest BCUT2D eigenvalue weighted by molar-refractivity contribution is -0.125. The molecule has 0 aliphatic carbocycles. The van der Waals surface area contributed by atoms with Crippen molar-refractivity contribution >= 4 is 17.3 Å².